The minimum absolute atomic E-state index is 0.0956. The van der Waals surface area contributed by atoms with E-state index in [4.69, 9.17) is 16.3 Å². The third-order valence-electron chi connectivity index (χ3n) is 4.56. The number of allylic oxidation sites excluding steroid dienone is 1. The summed E-state index contributed by atoms with van der Waals surface area (Å²) in [5.41, 5.74) is 2.88. The van der Waals surface area contributed by atoms with Crippen LogP contribution in [0.15, 0.2) is 42.6 Å². The number of carbonyl (C=O) groups is 1. The molecule has 1 heterocycles. The number of pyridine rings is 1. The van der Waals surface area contributed by atoms with Crippen molar-refractivity contribution in [3.8, 4) is 0 Å². The smallest absolute Gasteiger partial charge is 0.417 e. The van der Waals surface area contributed by atoms with Gasteiger partial charge in [0.1, 0.15) is 11.6 Å². The summed E-state index contributed by atoms with van der Waals surface area (Å²) < 4.78 is 18.6. The molecular weight excluding hydrogens is 379 g/mol. The molecule has 6 heteroatoms. The van der Waals surface area contributed by atoms with Crippen LogP contribution < -0.4 is 4.90 Å². The highest BCUT2D eigenvalue weighted by Crippen LogP contribution is 2.28. The molecular formula is C22H26ClFN2O2. The highest BCUT2D eigenvalue weighted by molar-refractivity contribution is 6.20. The molecule has 2 aromatic rings. The quantitative estimate of drug-likeness (QED) is 0.530. The highest BCUT2D eigenvalue weighted by Gasteiger charge is 2.25. The van der Waals surface area contributed by atoms with E-state index in [1.807, 2.05) is 39.8 Å². The van der Waals surface area contributed by atoms with E-state index >= 15 is 0 Å². The van der Waals surface area contributed by atoms with Crippen LogP contribution in [0.3, 0.4) is 0 Å². The molecule has 1 aromatic heterocycles. The normalized spacial score (nSPS) is 13.8. The Morgan fingerprint density at radius 3 is 2.54 bits per heavy atom. The second-order valence-electron chi connectivity index (χ2n) is 6.62. The first kappa shape index (κ1) is 21.9. The Labute approximate surface area is 171 Å². The lowest BCUT2D eigenvalue weighted by Crippen LogP contribution is -2.40. The van der Waals surface area contributed by atoms with E-state index in [1.165, 1.54) is 17.0 Å². The van der Waals surface area contributed by atoms with Gasteiger partial charge in [0.25, 0.3) is 0 Å². The lowest BCUT2D eigenvalue weighted by Gasteiger charge is -2.27. The van der Waals surface area contributed by atoms with Gasteiger partial charge >= 0.3 is 6.09 Å². The fraction of sp³-hybridized carbons (Fsp3) is 0.364. The third kappa shape index (κ3) is 5.10. The molecule has 0 spiro atoms. The number of rotatable bonds is 6. The largest absolute Gasteiger partial charge is 0.430 e. The topological polar surface area (TPSA) is 42.4 Å². The van der Waals surface area contributed by atoms with E-state index in [2.05, 4.69) is 4.98 Å². The molecule has 1 aromatic carbocycles. The molecule has 0 N–H and O–H groups in total. The molecule has 1 amide bonds. The summed E-state index contributed by atoms with van der Waals surface area (Å²) in [5, 5.41) is 0. The summed E-state index contributed by atoms with van der Waals surface area (Å²) in [6, 6.07) is 8.30. The average Bonchev–Trinajstić information content (AvgIpc) is 2.64. The summed E-state index contributed by atoms with van der Waals surface area (Å²) in [4.78, 5) is 18.4. The summed E-state index contributed by atoms with van der Waals surface area (Å²) >= 11 is 5.81. The van der Waals surface area contributed by atoms with Crippen LogP contribution in [0.25, 0.3) is 5.57 Å². The highest BCUT2D eigenvalue weighted by atomic mass is 35.5. The maximum absolute atomic E-state index is 13.4. The number of halogens is 2. The number of alkyl halides is 1. The molecule has 0 fully saturated rings. The molecule has 0 saturated heterocycles. The van der Waals surface area contributed by atoms with Crippen LogP contribution in [0.2, 0.25) is 0 Å². The van der Waals surface area contributed by atoms with Gasteiger partial charge in [-0.2, -0.15) is 0 Å². The summed E-state index contributed by atoms with van der Waals surface area (Å²) in [6.07, 6.45) is 3.88. The zero-order chi connectivity index (χ0) is 20.8. The maximum atomic E-state index is 13.4. The summed E-state index contributed by atoms with van der Waals surface area (Å²) in [7, 11) is 0. The molecule has 0 saturated carbocycles. The van der Waals surface area contributed by atoms with Crippen molar-refractivity contribution in [1.82, 2.24) is 4.98 Å². The van der Waals surface area contributed by atoms with E-state index in [-0.39, 0.29) is 11.9 Å². The van der Waals surface area contributed by atoms with Crippen LogP contribution in [0.5, 0.6) is 0 Å². The Bertz CT molecular complexity index is 850. The van der Waals surface area contributed by atoms with Crippen molar-refractivity contribution in [2.75, 3.05) is 4.90 Å². The number of hydrogen-bond acceptors (Lipinski definition) is 3. The molecule has 0 aliphatic carbocycles. The lowest BCUT2D eigenvalue weighted by atomic mass is 9.95. The number of aromatic nitrogens is 1. The Balaban J connectivity index is 2.37. The molecule has 150 valence electrons. The lowest BCUT2D eigenvalue weighted by molar-refractivity contribution is 0.144. The van der Waals surface area contributed by atoms with Gasteiger partial charge in [0.15, 0.2) is 5.56 Å². The molecule has 2 atom stereocenters. The van der Waals surface area contributed by atoms with Crippen LogP contribution in [-0.4, -0.2) is 22.7 Å². The van der Waals surface area contributed by atoms with Crippen LogP contribution in [0.4, 0.5) is 15.0 Å². The Hall–Kier alpha value is -2.40. The Morgan fingerprint density at radius 2 is 2.04 bits per heavy atom. The predicted octanol–water partition coefficient (Wildman–Crippen LogP) is 6.31. The van der Waals surface area contributed by atoms with Crippen molar-refractivity contribution in [3.05, 3.63) is 65.1 Å². The van der Waals surface area contributed by atoms with E-state index in [1.54, 1.807) is 25.3 Å². The zero-order valence-corrected chi connectivity index (χ0v) is 17.6. The third-order valence-corrected chi connectivity index (χ3v) is 4.65. The fourth-order valence-corrected chi connectivity index (χ4v) is 3.05. The fourth-order valence-electron chi connectivity index (χ4n) is 2.97. The van der Waals surface area contributed by atoms with Crippen molar-refractivity contribution in [1.29, 1.82) is 0 Å². The van der Waals surface area contributed by atoms with Gasteiger partial charge in [0.2, 0.25) is 0 Å². The average molecular weight is 405 g/mol. The van der Waals surface area contributed by atoms with E-state index in [0.717, 1.165) is 28.7 Å². The van der Waals surface area contributed by atoms with Gasteiger partial charge in [0.05, 0.1) is 0 Å². The first-order valence-corrected chi connectivity index (χ1v) is 9.75. The molecule has 0 radical (unpaired) electrons. The number of anilines is 1. The molecule has 2 unspecified atom stereocenters. The van der Waals surface area contributed by atoms with E-state index in [0.29, 0.717) is 5.82 Å². The summed E-state index contributed by atoms with van der Waals surface area (Å²) in [5.74, 6) is 0.230. The van der Waals surface area contributed by atoms with Crippen molar-refractivity contribution in [2.45, 2.75) is 52.6 Å². The van der Waals surface area contributed by atoms with Gasteiger partial charge in [-0.25, -0.2) is 14.2 Å². The molecule has 0 aliphatic heterocycles. The predicted molar refractivity (Wildman–Crippen MR) is 112 cm³/mol. The molecule has 28 heavy (non-hydrogen) atoms. The van der Waals surface area contributed by atoms with Gasteiger partial charge in [-0.3, -0.25) is 4.90 Å². The van der Waals surface area contributed by atoms with Gasteiger partial charge in [-0.1, -0.05) is 30.7 Å². The minimum atomic E-state index is -0.727. The van der Waals surface area contributed by atoms with Gasteiger partial charge in [-0.05, 0) is 75.1 Å². The second-order valence-corrected chi connectivity index (χ2v) is 7.24. The number of aryl methyl sites for hydroxylation is 1. The van der Waals surface area contributed by atoms with Gasteiger partial charge < -0.3 is 4.74 Å². The number of hydrogen-bond donors (Lipinski definition) is 0. The van der Waals surface area contributed by atoms with Crippen LogP contribution >= 0.6 is 11.6 Å². The molecule has 2 rings (SSSR count). The van der Waals surface area contributed by atoms with Crippen molar-refractivity contribution >= 4 is 29.1 Å². The van der Waals surface area contributed by atoms with Crippen LogP contribution in [0, 0.1) is 12.7 Å². The van der Waals surface area contributed by atoms with Crippen LogP contribution in [-0.2, 0) is 4.74 Å². The SMILES string of the molecule is C/C=C(/c1ccc(N(C(=O)OC(C)Cl)C(C)CC)nc1)c1ccc(F)cc1C. The zero-order valence-electron chi connectivity index (χ0n) is 16.9. The monoisotopic (exact) mass is 404 g/mol. The van der Waals surface area contributed by atoms with Gasteiger partial charge in [0, 0.05) is 17.8 Å². The molecule has 0 aliphatic rings. The van der Waals surface area contributed by atoms with Gasteiger partial charge in [-0.15, -0.1) is 0 Å². The molecule has 4 nitrogen and oxygen atoms in total. The minimum Gasteiger partial charge on any atom is -0.430 e. The van der Waals surface area contributed by atoms with Crippen molar-refractivity contribution in [2.24, 2.45) is 0 Å². The number of benzene rings is 1. The van der Waals surface area contributed by atoms with Crippen LogP contribution in [0.1, 0.15) is 50.8 Å². The standard InChI is InChI=1S/C22H26ClFN2O2/c1-6-15(4)26(22(27)28-16(5)23)21-11-8-17(13-25-21)19(7-2)20-10-9-18(24)12-14(20)3/h7-13,15-16H,6H2,1-5H3/b19-7-. The number of ether oxygens (including phenoxy) is 1. The first-order valence-electron chi connectivity index (χ1n) is 9.31. The Kier molecular flexibility index (Phi) is 7.58. The number of carbonyl (C=O) groups excluding carboxylic acids is 1. The number of amides is 1. The van der Waals surface area contributed by atoms with Crippen molar-refractivity contribution < 1.29 is 13.9 Å². The first-order chi connectivity index (χ1) is 13.3. The maximum Gasteiger partial charge on any atom is 0.417 e. The summed E-state index contributed by atoms with van der Waals surface area (Å²) in [6.45, 7) is 9.30. The van der Waals surface area contributed by atoms with E-state index in [9.17, 15) is 9.18 Å². The second kappa shape index (κ2) is 9.69. The molecule has 0 bridgehead atoms. The number of nitrogens with zero attached hydrogens (tertiary/aromatic N) is 2. The van der Waals surface area contributed by atoms with Crippen molar-refractivity contribution in [3.63, 3.8) is 0 Å². The Morgan fingerprint density at radius 1 is 1.32 bits per heavy atom. The van der Waals surface area contributed by atoms with E-state index < -0.39 is 11.7 Å².